The summed E-state index contributed by atoms with van der Waals surface area (Å²) in [6.07, 6.45) is -3.36. The van der Waals surface area contributed by atoms with Crippen molar-refractivity contribution in [3.63, 3.8) is 0 Å². The molecule has 7 amide bonds. The van der Waals surface area contributed by atoms with Crippen LogP contribution in [0.1, 0.15) is 46.5 Å². The van der Waals surface area contributed by atoms with Crippen molar-refractivity contribution in [3.05, 3.63) is 0 Å². The van der Waals surface area contributed by atoms with E-state index in [1.165, 1.54) is 13.8 Å². The first-order valence-corrected chi connectivity index (χ1v) is 14.5. The van der Waals surface area contributed by atoms with Crippen molar-refractivity contribution in [1.82, 2.24) is 31.9 Å². The fourth-order valence-electron chi connectivity index (χ4n) is 3.51. The number of carbonyl (C=O) groups excluding carboxylic acids is 7. The van der Waals surface area contributed by atoms with Crippen LogP contribution in [0, 0.1) is 0 Å². The van der Waals surface area contributed by atoms with E-state index in [0.717, 1.165) is 6.92 Å². The first-order chi connectivity index (χ1) is 21.3. The van der Waals surface area contributed by atoms with Gasteiger partial charge in [-0.25, -0.2) is 0 Å². The summed E-state index contributed by atoms with van der Waals surface area (Å²) < 4.78 is 0. The van der Waals surface area contributed by atoms with E-state index < -0.39 is 128 Å². The largest absolute Gasteiger partial charge is 0.481 e. The smallest absolute Gasteiger partial charge is 0.325 e. The highest BCUT2D eigenvalue weighted by atomic mass is 32.1. The number of aliphatic hydroxyl groups is 1. The molecule has 0 fully saturated rings. The van der Waals surface area contributed by atoms with Gasteiger partial charge in [0.25, 0.3) is 0 Å². The van der Waals surface area contributed by atoms with Gasteiger partial charge in [-0.3, -0.25) is 43.2 Å². The standard InChI is InChI=1S/C25H42N8O12S/c1-10(20(39)29-11(2)25(44)45)28-23(42)15(9-46)32-21(40)14(4-6-16(27)35)31-24(43)19(12(3)34)33-22(41)13(5-7-18(37)38)30-17(36)8-26/h10-15,19,34,46H,4-9,26H2,1-3H3,(H2,27,35)(H,28,42)(H,29,39)(H,30,36)(H,31,43)(H,32,40)(H,33,41)(H,37,38)(H,44,45)/t10-,11-,12+,13-,14-,15-,19-/m0/s1. The average molecular weight is 679 g/mol. The number of hydrogen-bond acceptors (Lipinski definition) is 12. The number of hydrogen-bond donors (Lipinski definition) is 12. The summed E-state index contributed by atoms with van der Waals surface area (Å²) in [6.45, 7) is 3.04. The number of thiol groups is 1. The molecular formula is C25H42N8O12S. The molecule has 260 valence electrons. The van der Waals surface area contributed by atoms with Gasteiger partial charge in [0, 0.05) is 18.6 Å². The zero-order valence-corrected chi connectivity index (χ0v) is 26.3. The van der Waals surface area contributed by atoms with Crippen molar-refractivity contribution in [3.8, 4) is 0 Å². The lowest BCUT2D eigenvalue weighted by atomic mass is 10.1. The van der Waals surface area contributed by atoms with Crippen molar-refractivity contribution in [2.75, 3.05) is 12.3 Å². The molecule has 0 aromatic heterocycles. The molecule has 0 aromatic rings. The molecule has 20 nitrogen and oxygen atoms in total. The maximum atomic E-state index is 13.1. The minimum Gasteiger partial charge on any atom is -0.481 e. The lowest BCUT2D eigenvalue weighted by Crippen LogP contribution is -2.61. The molecule has 46 heavy (non-hydrogen) atoms. The Labute approximate surface area is 268 Å². The first kappa shape index (κ1) is 41.5. The predicted octanol–water partition coefficient (Wildman–Crippen LogP) is -5.58. The summed E-state index contributed by atoms with van der Waals surface area (Å²) in [7, 11) is 0. The van der Waals surface area contributed by atoms with Gasteiger partial charge in [-0.1, -0.05) is 0 Å². The van der Waals surface area contributed by atoms with Crippen LogP contribution in [0.5, 0.6) is 0 Å². The third-order valence-electron chi connectivity index (χ3n) is 6.16. The van der Waals surface area contributed by atoms with Crippen LogP contribution in [0.4, 0.5) is 0 Å². The van der Waals surface area contributed by atoms with Gasteiger partial charge in [0.2, 0.25) is 41.4 Å². The van der Waals surface area contributed by atoms with E-state index in [2.05, 4.69) is 44.5 Å². The third-order valence-corrected chi connectivity index (χ3v) is 6.52. The summed E-state index contributed by atoms with van der Waals surface area (Å²) >= 11 is 4.02. The molecule has 0 aliphatic heterocycles. The maximum Gasteiger partial charge on any atom is 0.325 e. The molecule has 0 spiro atoms. The Morgan fingerprint density at radius 1 is 0.652 bits per heavy atom. The molecule has 0 bridgehead atoms. The average Bonchev–Trinajstić information content (AvgIpc) is 2.97. The summed E-state index contributed by atoms with van der Waals surface area (Å²) in [4.78, 5) is 109. The summed E-state index contributed by atoms with van der Waals surface area (Å²) in [6, 6.07) is -8.66. The van der Waals surface area contributed by atoms with E-state index in [1.54, 1.807) is 0 Å². The van der Waals surface area contributed by atoms with Gasteiger partial charge in [0.15, 0.2) is 0 Å². The molecule has 13 N–H and O–H groups in total. The molecule has 0 unspecified atom stereocenters. The molecule has 0 saturated heterocycles. The second-order valence-corrected chi connectivity index (χ2v) is 10.5. The van der Waals surface area contributed by atoms with Crippen LogP contribution < -0.4 is 43.4 Å². The van der Waals surface area contributed by atoms with Crippen LogP contribution >= 0.6 is 12.6 Å². The van der Waals surface area contributed by atoms with E-state index in [4.69, 9.17) is 21.7 Å². The second-order valence-electron chi connectivity index (χ2n) is 10.1. The number of aliphatic carboxylic acids is 2. The number of nitrogens with one attached hydrogen (secondary N) is 6. The van der Waals surface area contributed by atoms with Gasteiger partial charge in [0.05, 0.1) is 12.6 Å². The number of primary amides is 1. The fourth-order valence-corrected chi connectivity index (χ4v) is 3.77. The van der Waals surface area contributed by atoms with Crippen molar-refractivity contribution < 1.29 is 58.5 Å². The van der Waals surface area contributed by atoms with Crippen LogP contribution in [0.15, 0.2) is 0 Å². The van der Waals surface area contributed by atoms with Gasteiger partial charge in [-0.15, -0.1) is 0 Å². The molecule has 0 aliphatic rings. The molecular weight excluding hydrogens is 636 g/mol. The summed E-state index contributed by atoms with van der Waals surface area (Å²) in [5.74, 6) is -9.53. The second kappa shape index (κ2) is 20.5. The van der Waals surface area contributed by atoms with E-state index in [1.807, 2.05) is 0 Å². The topological polar surface area (TPSA) is 339 Å². The molecule has 0 heterocycles. The van der Waals surface area contributed by atoms with Gasteiger partial charge < -0.3 is 58.7 Å². The summed E-state index contributed by atoms with van der Waals surface area (Å²) in [5.41, 5.74) is 10.4. The van der Waals surface area contributed by atoms with Crippen molar-refractivity contribution in [1.29, 1.82) is 0 Å². The first-order valence-electron chi connectivity index (χ1n) is 13.9. The molecule has 0 rings (SSSR count). The van der Waals surface area contributed by atoms with E-state index in [-0.39, 0.29) is 5.75 Å². The Bertz CT molecular complexity index is 1150. The molecule has 0 radical (unpaired) electrons. The lowest BCUT2D eigenvalue weighted by molar-refractivity contribution is -0.141. The van der Waals surface area contributed by atoms with Gasteiger partial charge >= 0.3 is 11.9 Å². The number of aliphatic hydroxyl groups excluding tert-OH is 1. The normalized spacial score (nSPS) is 15.3. The Balaban J connectivity index is 5.81. The number of carboxylic acid groups (broad SMARTS) is 2. The molecule has 0 aromatic carbocycles. The van der Waals surface area contributed by atoms with E-state index >= 15 is 0 Å². The van der Waals surface area contributed by atoms with Crippen LogP contribution in [0.3, 0.4) is 0 Å². The maximum absolute atomic E-state index is 13.1. The monoisotopic (exact) mass is 678 g/mol. The van der Waals surface area contributed by atoms with Gasteiger partial charge in [0.1, 0.15) is 36.3 Å². The number of amides is 7. The predicted molar refractivity (Wildman–Crippen MR) is 160 cm³/mol. The highest BCUT2D eigenvalue weighted by Gasteiger charge is 2.34. The zero-order valence-electron chi connectivity index (χ0n) is 25.4. The fraction of sp³-hybridized carbons (Fsp3) is 0.640. The Kier molecular flexibility index (Phi) is 18.5. The number of rotatable bonds is 21. The van der Waals surface area contributed by atoms with E-state index in [9.17, 15) is 48.3 Å². The van der Waals surface area contributed by atoms with Crippen molar-refractivity contribution in [2.24, 2.45) is 11.5 Å². The summed E-state index contributed by atoms with van der Waals surface area (Å²) in [5, 5.41) is 41.5. The van der Waals surface area contributed by atoms with Crippen molar-refractivity contribution in [2.45, 2.75) is 88.8 Å². The lowest BCUT2D eigenvalue weighted by Gasteiger charge is -2.27. The third kappa shape index (κ3) is 15.5. The Morgan fingerprint density at radius 3 is 1.61 bits per heavy atom. The quantitative estimate of drug-likeness (QED) is 0.0505. The number of carboxylic acids is 2. The Morgan fingerprint density at radius 2 is 1.13 bits per heavy atom. The van der Waals surface area contributed by atoms with Crippen LogP contribution in [0.2, 0.25) is 0 Å². The SMILES string of the molecule is C[C@H](NC(=O)[C@H](C)NC(=O)[C@H](CS)NC(=O)[C@H](CCC(N)=O)NC(=O)[C@@H](NC(=O)[C@H](CCC(=O)O)NC(=O)CN)[C@@H](C)O)C(=O)O. The van der Waals surface area contributed by atoms with Crippen LogP contribution in [-0.4, -0.2) is 123 Å². The van der Waals surface area contributed by atoms with E-state index in [0.29, 0.717) is 0 Å². The molecule has 21 heteroatoms. The highest BCUT2D eigenvalue weighted by molar-refractivity contribution is 7.80. The number of carbonyl (C=O) groups is 9. The minimum atomic E-state index is -1.75. The van der Waals surface area contributed by atoms with Crippen molar-refractivity contribution >= 4 is 65.9 Å². The molecule has 0 aliphatic carbocycles. The van der Waals surface area contributed by atoms with Crippen LogP contribution in [0.25, 0.3) is 0 Å². The number of nitrogens with two attached hydrogens (primary N) is 2. The van der Waals surface area contributed by atoms with Gasteiger partial charge in [-0.2, -0.15) is 12.6 Å². The highest BCUT2D eigenvalue weighted by Crippen LogP contribution is 2.05. The minimum absolute atomic E-state index is 0.313. The van der Waals surface area contributed by atoms with Crippen LogP contribution in [-0.2, 0) is 43.2 Å². The molecule has 0 saturated carbocycles. The van der Waals surface area contributed by atoms with Gasteiger partial charge in [-0.05, 0) is 33.6 Å². The zero-order chi connectivity index (χ0) is 35.7. The Hall–Kier alpha value is -4.50. The molecule has 7 atom stereocenters.